The predicted octanol–water partition coefficient (Wildman–Crippen LogP) is 2.93. The molecule has 1 saturated heterocycles. The number of nitrogens with one attached hydrogen (secondary N) is 1. The van der Waals surface area contributed by atoms with Crippen molar-refractivity contribution in [2.45, 2.75) is 25.8 Å². The smallest absolute Gasteiger partial charge is 0.409 e. The lowest BCUT2D eigenvalue weighted by Gasteiger charge is -2.33. The number of ether oxygens (including phenoxy) is 1. The molecule has 1 atom stereocenters. The zero-order valence-corrected chi connectivity index (χ0v) is 13.5. The van der Waals surface area contributed by atoms with Gasteiger partial charge in [0, 0.05) is 42.3 Å². The van der Waals surface area contributed by atoms with Crippen LogP contribution in [0.2, 0.25) is 0 Å². The summed E-state index contributed by atoms with van der Waals surface area (Å²) in [5.74, 6) is 0. The molecule has 0 spiro atoms. The number of carbonyl (C=O) groups excluding carboxylic acids is 1. The van der Waals surface area contributed by atoms with E-state index in [1.54, 1.807) is 0 Å². The van der Waals surface area contributed by atoms with Gasteiger partial charge in [0.15, 0.2) is 0 Å². The van der Waals surface area contributed by atoms with Crippen molar-refractivity contribution in [1.29, 1.82) is 0 Å². The van der Waals surface area contributed by atoms with Crippen molar-refractivity contribution in [2.24, 2.45) is 0 Å². The molecule has 1 fully saturated rings. The summed E-state index contributed by atoms with van der Waals surface area (Å²) < 4.78 is 4.98. The molecule has 0 saturated carbocycles. The lowest BCUT2D eigenvalue weighted by atomic mass is 9.98. The molecule has 0 bridgehead atoms. The SMILES string of the molecule is C[C@H]1c2[nH]c3ccccc3c2CCN1CCCN1CCOC1=O. The predicted molar refractivity (Wildman–Crippen MR) is 89.5 cm³/mol. The molecule has 1 N–H and O–H groups in total. The highest BCUT2D eigenvalue weighted by molar-refractivity contribution is 5.85. The molecule has 4 rings (SSSR count). The zero-order chi connectivity index (χ0) is 15.8. The van der Waals surface area contributed by atoms with Crippen molar-refractivity contribution in [3.63, 3.8) is 0 Å². The highest BCUT2D eigenvalue weighted by atomic mass is 16.6. The normalized spacial score (nSPS) is 21.7. The minimum atomic E-state index is -0.158. The summed E-state index contributed by atoms with van der Waals surface area (Å²) >= 11 is 0. The summed E-state index contributed by atoms with van der Waals surface area (Å²) in [7, 11) is 0. The van der Waals surface area contributed by atoms with Gasteiger partial charge in [-0.3, -0.25) is 4.90 Å². The maximum Gasteiger partial charge on any atom is 0.409 e. The van der Waals surface area contributed by atoms with Gasteiger partial charge in [0.25, 0.3) is 0 Å². The number of carbonyl (C=O) groups is 1. The standard InChI is InChI=1S/C18H23N3O2/c1-13-17-15(14-5-2-3-6-16(14)19-17)7-10-20(13)8-4-9-21-11-12-23-18(21)22/h2-3,5-6,13,19H,4,7-12H2,1H3/t13-/m0/s1. The van der Waals surface area contributed by atoms with E-state index in [1.807, 2.05) is 4.90 Å². The molecule has 0 unspecified atom stereocenters. The summed E-state index contributed by atoms with van der Waals surface area (Å²) in [5, 5.41) is 1.37. The van der Waals surface area contributed by atoms with Crippen molar-refractivity contribution in [1.82, 2.24) is 14.8 Å². The van der Waals surface area contributed by atoms with Gasteiger partial charge in [-0.05, 0) is 31.4 Å². The third-order valence-corrected chi connectivity index (χ3v) is 5.18. The highest BCUT2D eigenvalue weighted by Gasteiger charge is 2.27. The van der Waals surface area contributed by atoms with Crippen LogP contribution in [0.4, 0.5) is 4.79 Å². The molecule has 2 aliphatic heterocycles. The van der Waals surface area contributed by atoms with Crippen molar-refractivity contribution in [2.75, 3.05) is 32.8 Å². The van der Waals surface area contributed by atoms with E-state index in [2.05, 4.69) is 41.1 Å². The number of nitrogens with zero attached hydrogens (tertiary/aromatic N) is 2. The van der Waals surface area contributed by atoms with Crippen molar-refractivity contribution >= 4 is 17.0 Å². The summed E-state index contributed by atoms with van der Waals surface area (Å²) in [4.78, 5) is 19.4. The monoisotopic (exact) mass is 313 g/mol. The maximum atomic E-state index is 11.5. The number of para-hydroxylation sites is 1. The van der Waals surface area contributed by atoms with Crippen molar-refractivity contribution < 1.29 is 9.53 Å². The molecular weight excluding hydrogens is 290 g/mol. The van der Waals surface area contributed by atoms with E-state index in [0.29, 0.717) is 12.6 Å². The number of fused-ring (bicyclic) bond motifs is 3. The van der Waals surface area contributed by atoms with Crippen LogP contribution in [0.25, 0.3) is 10.9 Å². The number of H-pyrrole nitrogens is 1. The average Bonchev–Trinajstić information content (AvgIpc) is 3.14. The number of benzene rings is 1. The number of rotatable bonds is 4. The largest absolute Gasteiger partial charge is 0.448 e. The molecule has 2 aromatic rings. The Kier molecular flexibility index (Phi) is 3.73. The van der Waals surface area contributed by atoms with E-state index < -0.39 is 0 Å². The van der Waals surface area contributed by atoms with Gasteiger partial charge in [0.2, 0.25) is 0 Å². The second-order valence-electron chi connectivity index (χ2n) is 6.48. The molecule has 1 aromatic heterocycles. The van der Waals surface area contributed by atoms with Crippen LogP contribution >= 0.6 is 0 Å². The van der Waals surface area contributed by atoms with Gasteiger partial charge in [-0.15, -0.1) is 0 Å². The van der Waals surface area contributed by atoms with E-state index in [1.165, 1.54) is 22.2 Å². The third kappa shape index (κ3) is 2.59. The number of hydrogen-bond donors (Lipinski definition) is 1. The Morgan fingerprint density at radius 3 is 2.96 bits per heavy atom. The fourth-order valence-corrected chi connectivity index (χ4v) is 3.88. The van der Waals surface area contributed by atoms with Gasteiger partial charge in [-0.25, -0.2) is 4.79 Å². The molecule has 122 valence electrons. The maximum absolute atomic E-state index is 11.5. The van der Waals surface area contributed by atoms with Crippen molar-refractivity contribution in [3.05, 3.63) is 35.5 Å². The molecule has 0 aliphatic carbocycles. The Bertz CT molecular complexity index is 724. The quantitative estimate of drug-likeness (QED) is 0.944. The highest BCUT2D eigenvalue weighted by Crippen LogP contribution is 2.34. The van der Waals surface area contributed by atoms with Gasteiger partial charge in [0.05, 0.1) is 6.54 Å². The van der Waals surface area contributed by atoms with Crippen LogP contribution < -0.4 is 0 Å². The molecule has 2 aliphatic rings. The number of cyclic esters (lactones) is 1. The van der Waals surface area contributed by atoms with Crippen LogP contribution in [0, 0.1) is 0 Å². The molecule has 1 aromatic carbocycles. The van der Waals surface area contributed by atoms with Gasteiger partial charge >= 0.3 is 6.09 Å². The van der Waals surface area contributed by atoms with Gasteiger partial charge < -0.3 is 14.6 Å². The zero-order valence-electron chi connectivity index (χ0n) is 13.5. The van der Waals surface area contributed by atoms with Crippen molar-refractivity contribution in [3.8, 4) is 0 Å². The van der Waals surface area contributed by atoms with Gasteiger partial charge in [-0.2, -0.15) is 0 Å². The topological polar surface area (TPSA) is 48.6 Å². The first-order chi connectivity index (χ1) is 11.2. The third-order valence-electron chi connectivity index (χ3n) is 5.18. The minimum absolute atomic E-state index is 0.158. The molecule has 5 heteroatoms. The average molecular weight is 313 g/mol. The van der Waals surface area contributed by atoms with Crippen LogP contribution in [-0.2, 0) is 11.2 Å². The van der Waals surface area contributed by atoms with Gasteiger partial charge in [0.1, 0.15) is 6.61 Å². The Balaban J connectivity index is 1.42. The Hall–Kier alpha value is -2.01. The summed E-state index contributed by atoms with van der Waals surface area (Å²) in [6, 6.07) is 8.97. The van der Waals surface area contributed by atoms with Crippen LogP contribution in [0.15, 0.2) is 24.3 Å². The van der Waals surface area contributed by atoms with E-state index in [4.69, 9.17) is 4.74 Å². The number of amides is 1. The number of aromatic nitrogens is 1. The lowest BCUT2D eigenvalue weighted by molar-refractivity contribution is 0.153. The van der Waals surface area contributed by atoms with E-state index in [-0.39, 0.29) is 6.09 Å². The Labute approximate surface area is 136 Å². The summed E-state index contributed by atoms with van der Waals surface area (Å²) in [5.41, 5.74) is 4.08. The molecule has 5 nitrogen and oxygen atoms in total. The van der Waals surface area contributed by atoms with Crippen LogP contribution in [0.1, 0.15) is 30.6 Å². The van der Waals surface area contributed by atoms with E-state index in [9.17, 15) is 4.79 Å². The van der Waals surface area contributed by atoms with Crippen LogP contribution in [0.3, 0.4) is 0 Å². The molecule has 0 radical (unpaired) electrons. The minimum Gasteiger partial charge on any atom is -0.448 e. The number of aromatic amines is 1. The summed E-state index contributed by atoms with van der Waals surface area (Å²) in [6.07, 6.45) is 1.93. The Morgan fingerprint density at radius 2 is 2.13 bits per heavy atom. The molecule has 23 heavy (non-hydrogen) atoms. The molecule has 1 amide bonds. The summed E-state index contributed by atoms with van der Waals surface area (Å²) in [6.45, 7) is 6.44. The van der Waals surface area contributed by atoms with Gasteiger partial charge in [-0.1, -0.05) is 18.2 Å². The number of hydrogen-bond acceptors (Lipinski definition) is 3. The second-order valence-corrected chi connectivity index (χ2v) is 6.48. The second kappa shape index (κ2) is 5.89. The fraction of sp³-hybridized carbons (Fsp3) is 0.500. The first-order valence-electron chi connectivity index (χ1n) is 8.49. The Morgan fingerprint density at radius 1 is 1.26 bits per heavy atom. The molecular formula is C18H23N3O2. The van der Waals surface area contributed by atoms with Crippen LogP contribution in [-0.4, -0.2) is 53.7 Å². The van der Waals surface area contributed by atoms with E-state index in [0.717, 1.165) is 39.0 Å². The lowest BCUT2D eigenvalue weighted by Crippen LogP contribution is -2.36. The molecule has 3 heterocycles. The fourth-order valence-electron chi connectivity index (χ4n) is 3.88. The first kappa shape index (κ1) is 14.6. The van der Waals surface area contributed by atoms with Crippen LogP contribution in [0.5, 0.6) is 0 Å². The van der Waals surface area contributed by atoms with E-state index >= 15 is 0 Å². The first-order valence-corrected chi connectivity index (χ1v) is 8.49.